The first-order valence-corrected chi connectivity index (χ1v) is 10.0. The Morgan fingerprint density at radius 3 is 2.59 bits per heavy atom. The molecular formula is C23H24ClN5. The van der Waals surface area contributed by atoms with Crippen molar-refractivity contribution in [3.63, 3.8) is 0 Å². The van der Waals surface area contributed by atoms with Crippen LogP contribution in [0.5, 0.6) is 0 Å². The second-order valence-corrected chi connectivity index (χ2v) is 7.70. The Morgan fingerprint density at radius 2 is 1.83 bits per heavy atom. The summed E-state index contributed by atoms with van der Waals surface area (Å²) in [5.74, 6) is 0.871. The average molecular weight is 406 g/mol. The number of benzene rings is 2. The molecule has 4 aromatic rings. The highest BCUT2D eigenvalue weighted by molar-refractivity contribution is 6.30. The van der Waals surface area contributed by atoms with Crippen LogP contribution in [-0.2, 0) is 13.0 Å². The molecule has 0 unspecified atom stereocenters. The van der Waals surface area contributed by atoms with Crippen LogP contribution in [0.15, 0.2) is 54.9 Å². The molecule has 0 atom stereocenters. The van der Waals surface area contributed by atoms with E-state index in [1.54, 1.807) is 6.33 Å². The summed E-state index contributed by atoms with van der Waals surface area (Å²) in [5.41, 5.74) is 12.2. The van der Waals surface area contributed by atoms with E-state index in [0.29, 0.717) is 0 Å². The van der Waals surface area contributed by atoms with Crippen molar-refractivity contribution in [1.82, 2.24) is 14.5 Å². The van der Waals surface area contributed by atoms with E-state index in [9.17, 15) is 0 Å². The quantitative estimate of drug-likeness (QED) is 0.443. The van der Waals surface area contributed by atoms with Gasteiger partial charge in [-0.1, -0.05) is 35.9 Å². The van der Waals surface area contributed by atoms with E-state index in [-0.39, 0.29) is 0 Å². The molecule has 0 spiro atoms. The number of hydrogen-bond donors (Lipinski definition) is 2. The first-order valence-electron chi connectivity index (χ1n) is 9.66. The fraction of sp³-hybridized carbons (Fsp3) is 0.217. The van der Waals surface area contributed by atoms with Gasteiger partial charge in [0.2, 0.25) is 0 Å². The zero-order valence-electron chi connectivity index (χ0n) is 16.6. The maximum absolute atomic E-state index is 6.16. The van der Waals surface area contributed by atoms with Crippen molar-refractivity contribution in [1.29, 1.82) is 0 Å². The predicted octanol–water partition coefficient (Wildman–Crippen LogP) is 4.99. The molecule has 0 aliphatic heterocycles. The maximum atomic E-state index is 6.16. The van der Waals surface area contributed by atoms with Gasteiger partial charge in [0.15, 0.2) is 0 Å². The molecule has 3 N–H and O–H groups in total. The van der Waals surface area contributed by atoms with E-state index in [2.05, 4.69) is 51.9 Å². The molecule has 0 aliphatic carbocycles. The Morgan fingerprint density at radius 1 is 1.03 bits per heavy atom. The molecule has 0 bridgehead atoms. The number of nitrogen functional groups attached to an aromatic ring is 1. The van der Waals surface area contributed by atoms with E-state index in [1.807, 2.05) is 30.3 Å². The first-order chi connectivity index (χ1) is 14.0. The highest BCUT2D eigenvalue weighted by Crippen LogP contribution is 2.29. The molecule has 0 amide bonds. The molecule has 4 rings (SSSR count). The van der Waals surface area contributed by atoms with Crippen molar-refractivity contribution in [2.45, 2.75) is 26.8 Å². The molecule has 0 radical (unpaired) electrons. The van der Waals surface area contributed by atoms with Gasteiger partial charge >= 0.3 is 0 Å². The Hall–Kier alpha value is -3.05. The Kier molecular flexibility index (Phi) is 5.41. The third kappa shape index (κ3) is 4.05. The van der Waals surface area contributed by atoms with Crippen LogP contribution in [0.25, 0.3) is 11.0 Å². The van der Waals surface area contributed by atoms with Gasteiger partial charge in [-0.25, -0.2) is 9.97 Å². The van der Waals surface area contributed by atoms with E-state index < -0.39 is 0 Å². The minimum atomic E-state index is 0.721. The fourth-order valence-corrected chi connectivity index (χ4v) is 3.84. The van der Waals surface area contributed by atoms with Gasteiger partial charge in [0.25, 0.3) is 0 Å². The number of nitrogens with zero attached hydrogens (tertiary/aromatic N) is 3. The molecule has 2 aromatic carbocycles. The van der Waals surface area contributed by atoms with Crippen molar-refractivity contribution >= 4 is 34.1 Å². The highest BCUT2D eigenvalue weighted by Gasteiger charge is 2.16. The second-order valence-electron chi connectivity index (χ2n) is 7.27. The molecule has 148 valence electrons. The summed E-state index contributed by atoms with van der Waals surface area (Å²) >= 11 is 6.16. The number of aromatic nitrogens is 3. The normalized spacial score (nSPS) is 11.1. The van der Waals surface area contributed by atoms with Crippen LogP contribution in [0.4, 0.5) is 11.5 Å². The minimum Gasteiger partial charge on any atom is -0.399 e. The van der Waals surface area contributed by atoms with Gasteiger partial charge in [-0.15, -0.1) is 0 Å². The SMILES string of the molecule is Cc1c(C)n(Cc2cccc(Cl)c2)c2ncnc(NCCc3ccc(N)cc3)c12. The summed E-state index contributed by atoms with van der Waals surface area (Å²) in [7, 11) is 0. The van der Waals surface area contributed by atoms with Crippen molar-refractivity contribution in [2.75, 3.05) is 17.6 Å². The average Bonchev–Trinajstić information content (AvgIpc) is 2.95. The van der Waals surface area contributed by atoms with Crippen LogP contribution in [0.2, 0.25) is 5.02 Å². The Labute approximate surface area is 175 Å². The molecular weight excluding hydrogens is 382 g/mol. The van der Waals surface area contributed by atoms with Gasteiger partial charge in [-0.3, -0.25) is 0 Å². The lowest BCUT2D eigenvalue weighted by Crippen LogP contribution is -2.08. The standard InChI is InChI=1S/C23H24ClN5/c1-15-16(2)29(13-18-4-3-5-19(24)12-18)23-21(15)22(27-14-28-23)26-11-10-17-6-8-20(25)9-7-17/h3-9,12,14H,10-11,13,25H2,1-2H3,(H,26,27,28). The number of anilines is 2. The van der Waals surface area contributed by atoms with Crippen LogP contribution in [-0.4, -0.2) is 21.1 Å². The van der Waals surface area contributed by atoms with Crippen LogP contribution >= 0.6 is 11.6 Å². The van der Waals surface area contributed by atoms with Crippen LogP contribution in [0.1, 0.15) is 22.4 Å². The van der Waals surface area contributed by atoms with Crippen molar-refractivity contribution < 1.29 is 0 Å². The third-order valence-electron chi connectivity index (χ3n) is 5.32. The van der Waals surface area contributed by atoms with Crippen molar-refractivity contribution in [2.24, 2.45) is 0 Å². The molecule has 2 heterocycles. The van der Waals surface area contributed by atoms with Gasteiger partial charge in [0, 0.05) is 29.5 Å². The van der Waals surface area contributed by atoms with E-state index in [4.69, 9.17) is 17.3 Å². The third-order valence-corrected chi connectivity index (χ3v) is 5.56. The topological polar surface area (TPSA) is 68.8 Å². The fourth-order valence-electron chi connectivity index (χ4n) is 3.62. The molecule has 0 saturated heterocycles. The van der Waals surface area contributed by atoms with Gasteiger partial charge in [-0.2, -0.15) is 0 Å². The summed E-state index contributed by atoms with van der Waals surface area (Å²) in [5, 5.41) is 5.31. The molecule has 5 nitrogen and oxygen atoms in total. The van der Waals surface area contributed by atoms with Crippen molar-refractivity contribution in [3.05, 3.63) is 82.3 Å². The van der Waals surface area contributed by atoms with Gasteiger partial charge in [0.05, 0.1) is 5.39 Å². The number of aryl methyl sites for hydroxylation is 1. The molecule has 0 saturated carbocycles. The lowest BCUT2D eigenvalue weighted by molar-refractivity contribution is 0.790. The van der Waals surface area contributed by atoms with Gasteiger partial charge in [0.1, 0.15) is 17.8 Å². The lowest BCUT2D eigenvalue weighted by atomic mass is 10.1. The number of rotatable bonds is 6. The van der Waals surface area contributed by atoms with Crippen LogP contribution in [0, 0.1) is 13.8 Å². The summed E-state index contributed by atoms with van der Waals surface area (Å²) < 4.78 is 2.23. The molecule has 29 heavy (non-hydrogen) atoms. The summed E-state index contributed by atoms with van der Waals surface area (Å²) in [6, 6.07) is 15.9. The number of halogens is 1. The zero-order chi connectivity index (χ0) is 20.4. The predicted molar refractivity (Wildman–Crippen MR) is 121 cm³/mol. The van der Waals surface area contributed by atoms with Crippen molar-refractivity contribution in [3.8, 4) is 0 Å². The molecule has 0 aliphatic rings. The maximum Gasteiger partial charge on any atom is 0.146 e. The van der Waals surface area contributed by atoms with E-state index >= 15 is 0 Å². The minimum absolute atomic E-state index is 0.721. The highest BCUT2D eigenvalue weighted by atomic mass is 35.5. The Balaban J connectivity index is 1.60. The zero-order valence-corrected chi connectivity index (χ0v) is 17.4. The molecule has 6 heteroatoms. The molecule has 0 fully saturated rings. The van der Waals surface area contributed by atoms with Gasteiger partial charge < -0.3 is 15.6 Å². The second kappa shape index (κ2) is 8.13. The monoisotopic (exact) mass is 405 g/mol. The lowest BCUT2D eigenvalue weighted by Gasteiger charge is -2.09. The number of nitrogens with one attached hydrogen (secondary N) is 1. The number of fused-ring (bicyclic) bond motifs is 1. The summed E-state index contributed by atoms with van der Waals surface area (Å²) in [4.78, 5) is 9.09. The van der Waals surface area contributed by atoms with E-state index in [0.717, 1.165) is 52.6 Å². The molecule has 2 aromatic heterocycles. The number of nitrogens with two attached hydrogens (primary N) is 1. The smallest absolute Gasteiger partial charge is 0.146 e. The summed E-state index contributed by atoms with van der Waals surface area (Å²) in [6.45, 7) is 5.76. The summed E-state index contributed by atoms with van der Waals surface area (Å²) in [6.07, 6.45) is 2.52. The Bertz CT molecular complexity index is 1150. The van der Waals surface area contributed by atoms with Crippen LogP contribution in [0.3, 0.4) is 0 Å². The van der Waals surface area contributed by atoms with Crippen LogP contribution < -0.4 is 11.1 Å². The first kappa shape index (κ1) is 19.3. The van der Waals surface area contributed by atoms with Gasteiger partial charge in [-0.05, 0) is 61.2 Å². The number of hydrogen-bond acceptors (Lipinski definition) is 4. The van der Waals surface area contributed by atoms with E-state index in [1.165, 1.54) is 16.8 Å². The largest absolute Gasteiger partial charge is 0.399 e.